The first-order chi connectivity index (χ1) is 20.2. The van der Waals surface area contributed by atoms with E-state index in [9.17, 15) is 23.7 Å². The number of nitrogens with zero attached hydrogens (tertiary/aromatic N) is 8. The first kappa shape index (κ1) is 29.4. The maximum atomic E-state index is 12.7. The molecule has 22 heteroatoms. The average molecular weight is 638 g/mol. The van der Waals surface area contributed by atoms with Crippen molar-refractivity contribution < 1.29 is 42.5 Å². The van der Waals surface area contributed by atoms with E-state index in [4.69, 9.17) is 24.8 Å². The Morgan fingerprint density at radius 1 is 1.21 bits per heavy atom. The van der Waals surface area contributed by atoms with Crippen LogP contribution < -0.4 is 11.3 Å². The van der Waals surface area contributed by atoms with E-state index in [-0.39, 0.29) is 41.5 Å². The molecule has 0 bridgehead atoms. The highest BCUT2D eigenvalue weighted by molar-refractivity contribution is 7.46. The maximum absolute atomic E-state index is 12.7. The standard InChI is InChI=1S/C21H24N10O10P2/c1-8-6-23-9-3-4-10-15(14(9)24-8)25-20(30(10)2)29-21-26-16-17(27-19(22)28-18(16)32)31(21)13-5-11(41-43(36,37)38)12(40-13)7-39-42(33,34)35/h3-4,6,10-13H,5,7H2,1-2H3,(H2,33,34,35)(H2,36,37,38)(H3,22,27,28,32)/b29-20-. The molecule has 0 amide bonds. The van der Waals surface area contributed by atoms with Crippen LogP contribution in [-0.4, -0.2) is 97.5 Å². The number of hydrogen-bond donors (Lipinski definition) is 6. The highest BCUT2D eigenvalue weighted by Crippen LogP contribution is 2.46. The number of hydrogen-bond acceptors (Lipinski definition) is 12. The van der Waals surface area contributed by atoms with Crippen molar-refractivity contribution in [2.75, 3.05) is 19.4 Å². The molecule has 1 aliphatic carbocycles. The first-order valence-corrected chi connectivity index (χ1v) is 15.5. The Kier molecular flexibility index (Phi) is 7.15. The number of phosphoric ester groups is 2. The number of nitrogens with one attached hydrogen (secondary N) is 1. The van der Waals surface area contributed by atoms with E-state index in [1.54, 1.807) is 25.1 Å². The van der Waals surface area contributed by atoms with Crippen molar-refractivity contribution in [1.29, 1.82) is 0 Å². The highest BCUT2D eigenvalue weighted by Gasteiger charge is 2.43. The van der Waals surface area contributed by atoms with Gasteiger partial charge in [-0.15, -0.1) is 0 Å². The molecule has 43 heavy (non-hydrogen) atoms. The summed E-state index contributed by atoms with van der Waals surface area (Å²) >= 11 is 0. The van der Waals surface area contributed by atoms with Crippen molar-refractivity contribution in [3.05, 3.63) is 39.7 Å². The van der Waals surface area contributed by atoms with Gasteiger partial charge in [-0.2, -0.15) is 9.98 Å². The molecular formula is C21H24N10O10P2. The van der Waals surface area contributed by atoms with Gasteiger partial charge >= 0.3 is 15.6 Å². The van der Waals surface area contributed by atoms with Crippen molar-refractivity contribution in [2.24, 2.45) is 9.98 Å². The van der Waals surface area contributed by atoms with Crippen LogP contribution in [0.5, 0.6) is 0 Å². The van der Waals surface area contributed by atoms with Crippen LogP contribution in [-0.2, 0) is 22.9 Å². The number of rotatable bonds is 7. The monoisotopic (exact) mass is 638 g/mol. The summed E-state index contributed by atoms with van der Waals surface area (Å²) in [6, 6.07) is -0.338. The van der Waals surface area contributed by atoms with E-state index < -0.39 is 46.2 Å². The van der Waals surface area contributed by atoms with Gasteiger partial charge in [0.05, 0.1) is 29.7 Å². The summed E-state index contributed by atoms with van der Waals surface area (Å²) in [6.45, 7) is 1.01. The van der Waals surface area contributed by atoms with Crippen LogP contribution in [0.25, 0.3) is 17.2 Å². The lowest BCUT2D eigenvalue weighted by molar-refractivity contribution is -0.0412. The molecule has 0 radical (unpaired) electrons. The molecule has 228 valence electrons. The van der Waals surface area contributed by atoms with Crippen LogP contribution in [0.4, 0.5) is 11.9 Å². The van der Waals surface area contributed by atoms with Crippen molar-refractivity contribution >= 4 is 56.5 Å². The Balaban J connectivity index is 1.45. The minimum Gasteiger partial charge on any atom is -0.369 e. The van der Waals surface area contributed by atoms with Crippen LogP contribution in [0.3, 0.4) is 0 Å². The predicted molar refractivity (Wildman–Crippen MR) is 147 cm³/mol. The van der Waals surface area contributed by atoms with Gasteiger partial charge < -0.3 is 34.9 Å². The molecule has 7 N–H and O–H groups in total. The summed E-state index contributed by atoms with van der Waals surface area (Å²) in [4.78, 5) is 80.7. The molecule has 4 atom stereocenters. The summed E-state index contributed by atoms with van der Waals surface area (Å²) in [6.07, 6.45) is 1.05. The quantitative estimate of drug-likeness (QED) is 0.178. The Morgan fingerprint density at radius 3 is 2.70 bits per heavy atom. The fourth-order valence-electron chi connectivity index (χ4n) is 4.95. The molecule has 3 aromatic rings. The van der Waals surface area contributed by atoms with E-state index in [2.05, 4.69) is 39.4 Å². The maximum Gasteiger partial charge on any atom is 0.469 e. The highest BCUT2D eigenvalue weighted by atomic mass is 31.2. The zero-order valence-electron chi connectivity index (χ0n) is 22.2. The summed E-state index contributed by atoms with van der Waals surface area (Å²) in [5.41, 5.74) is 7.30. The van der Waals surface area contributed by atoms with E-state index in [0.29, 0.717) is 22.8 Å². The number of phosphoric acid groups is 2. The number of nitrogen functional groups attached to an aromatic ring is 1. The van der Waals surface area contributed by atoms with Gasteiger partial charge in [-0.05, 0) is 13.0 Å². The van der Waals surface area contributed by atoms with E-state index in [1.165, 1.54) is 4.57 Å². The van der Waals surface area contributed by atoms with E-state index in [0.717, 1.165) is 0 Å². The number of anilines is 1. The number of aromatic nitrogens is 6. The zero-order valence-corrected chi connectivity index (χ0v) is 24.0. The Hall–Kier alpha value is -3.71. The van der Waals surface area contributed by atoms with Gasteiger partial charge in [0.1, 0.15) is 24.1 Å². The fourth-order valence-corrected chi connectivity index (χ4v) is 5.86. The lowest BCUT2D eigenvalue weighted by Crippen LogP contribution is -2.35. The first-order valence-electron chi connectivity index (χ1n) is 12.5. The van der Waals surface area contributed by atoms with Crippen molar-refractivity contribution in [2.45, 2.75) is 37.8 Å². The van der Waals surface area contributed by atoms with Gasteiger partial charge in [-0.3, -0.25) is 28.4 Å². The predicted octanol–water partition coefficient (Wildman–Crippen LogP) is -0.507. The minimum atomic E-state index is -5.09. The van der Waals surface area contributed by atoms with Gasteiger partial charge in [0, 0.05) is 19.7 Å². The number of aromatic amines is 1. The Labute approximate surface area is 240 Å². The SMILES string of the molecule is Cc1cnc2c(n1)C1=N/C(=N/c3nc4c(=O)[nH]c(N)nc4n3C3CC(OP(=O)(O)O)C(COP(=O)(O)O)O3)N(C)C1C=C2. The van der Waals surface area contributed by atoms with E-state index >= 15 is 0 Å². The second kappa shape index (κ2) is 10.5. The van der Waals surface area contributed by atoms with Crippen LogP contribution in [0, 0.1) is 6.92 Å². The summed E-state index contributed by atoms with van der Waals surface area (Å²) in [7, 11) is -8.34. The largest absolute Gasteiger partial charge is 0.469 e. The molecule has 0 saturated carbocycles. The van der Waals surface area contributed by atoms with Crippen molar-refractivity contribution in [1.82, 2.24) is 34.4 Å². The third kappa shape index (κ3) is 5.79. The molecule has 0 spiro atoms. The van der Waals surface area contributed by atoms with Gasteiger partial charge in [0.25, 0.3) is 5.56 Å². The van der Waals surface area contributed by atoms with E-state index in [1.807, 2.05) is 12.2 Å². The molecular weight excluding hydrogens is 614 g/mol. The van der Waals surface area contributed by atoms with Crippen molar-refractivity contribution in [3.8, 4) is 0 Å². The molecule has 2 aliphatic heterocycles. The number of fused-ring (bicyclic) bond motifs is 4. The van der Waals surface area contributed by atoms with Crippen molar-refractivity contribution in [3.63, 3.8) is 0 Å². The molecule has 0 aromatic carbocycles. The Bertz CT molecular complexity index is 1880. The fraction of sp³-hybridized carbons (Fsp3) is 0.381. The molecule has 1 saturated heterocycles. The Morgan fingerprint density at radius 2 is 1.98 bits per heavy atom. The topological polar surface area (TPSA) is 286 Å². The number of H-pyrrole nitrogens is 1. The molecule has 5 heterocycles. The summed E-state index contributed by atoms with van der Waals surface area (Å²) < 4.78 is 39.5. The third-order valence-corrected chi connectivity index (χ3v) is 7.76. The number of likely N-dealkylation sites (N-methyl/N-ethyl adjacent to an activating group) is 1. The summed E-state index contributed by atoms with van der Waals surface area (Å²) in [5.74, 6) is -0.233. The normalized spacial score (nSPS) is 24.6. The third-order valence-electron chi connectivity index (χ3n) is 6.73. The molecule has 4 unspecified atom stereocenters. The number of aryl methyl sites for hydroxylation is 1. The number of guanidine groups is 1. The lowest BCUT2D eigenvalue weighted by atomic mass is 10.0. The molecule has 3 aliphatic rings. The zero-order chi connectivity index (χ0) is 30.8. The van der Waals surface area contributed by atoms with Crippen LogP contribution in [0.1, 0.15) is 29.7 Å². The van der Waals surface area contributed by atoms with Gasteiger partial charge in [-0.25, -0.2) is 24.1 Å². The smallest absolute Gasteiger partial charge is 0.369 e. The minimum absolute atomic E-state index is 0.0884. The van der Waals surface area contributed by atoms with Gasteiger partial charge in [0.15, 0.2) is 11.2 Å². The second-order valence-corrected chi connectivity index (χ2v) is 12.2. The number of aliphatic imine (C=N–C) groups is 2. The number of nitrogens with two attached hydrogens (primary N) is 1. The van der Waals surface area contributed by atoms with Gasteiger partial charge in [-0.1, -0.05) is 6.08 Å². The second-order valence-electron chi connectivity index (χ2n) is 9.76. The molecule has 20 nitrogen and oxygen atoms in total. The number of ether oxygens (including phenoxy) is 1. The van der Waals surface area contributed by atoms with Crippen LogP contribution in [0.2, 0.25) is 0 Å². The average Bonchev–Trinajstić information content (AvgIpc) is 3.55. The summed E-state index contributed by atoms with van der Waals surface area (Å²) in [5, 5.41) is 0. The lowest BCUT2D eigenvalue weighted by Gasteiger charge is -2.22. The molecule has 6 rings (SSSR count). The number of imidazole rings is 1. The molecule has 1 fully saturated rings. The van der Waals surface area contributed by atoms with Crippen LogP contribution in [0.15, 0.2) is 27.1 Å². The van der Waals surface area contributed by atoms with Crippen LogP contribution >= 0.6 is 15.6 Å². The van der Waals surface area contributed by atoms with Gasteiger partial charge in [0.2, 0.25) is 17.9 Å². The molecule has 3 aromatic heterocycles.